The van der Waals surface area contributed by atoms with Gasteiger partial charge < -0.3 is 5.32 Å². The molecule has 5 heteroatoms. The van der Waals surface area contributed by atoms with Gasteiger partial charge in [0, 0.05) is 24.8 Å². The van der Waals surface area contributed by atoms with E-state index in [1.54, 1.807) is 16.9 Å². The fourth-order valence-electron chi connectivity index (χ4n) is 1.27. The fourth-order valence-corrected chi connectivity index (χ4v) is 1.40. The lowest BCUT2D eigenvalue weighted by molar-refractivity contribution is 0.932. The van der Waals surface area contributed by atoms with Crippen LogP contribution in [0, 0.1) is 0 Å². The van der Waals surface area contributed by atoms with Crippen molar-refractivity contribution < 1.29 is 0 Å². The Balaban J connectivity index is 2.19. The fraction of sp³-hybridized carbons (Fsp3) is 0.333. The number of alkyl halides is 1. The molecule has 0 saturated heterocycles. The molecule has 2 aromatic rings. The van der Waals surface area contributed by atoms with Crippen LogP contribution >= 0.6 is 11.6 Å². The van der Waals surface area contributed by atoms with Crippen molar-refractivity contribution in [3.8, 4) is 0 Å². The highest BCUT2D eigenvalue weighted by Crippen LogP contribution is 2.11. The molecule has 0 amide bonds. The van der Waals surface area contributed by atoms with E-state index in [1.165, 1.54) is 0 Å². The predicted molar refractivity (Wildman–Crippen MR) is 56.8 cm³/mol. The van der Waals surface area contributed by atoms with Gasteiger partial charge in [-0.05, 0) is 12.5 Å². The Morgan fingerprint density at radius 1 is 1.43 bits per heavy atom. The van der Waals surface area contributed by atoms with Crippen LogP contribution in [0.3, 0.4) is 0 Å². The summed E-state index contributed by atoms with van der Waals surface area (Å²) in [6, 6.07) is 1.93. The molecule has 1 N–H and O–H groups in total. The van der Waals surface area contributed by atoms with E-state index in [0.717, 1.165) is 24.3 Å². The highest BCUT2D eigenvalue weighted by molar-refractivity contribution is 6.17. The molecule has 0 bridgehead atoms. The average molecular weight is 211 g/mol. The molecule has 4 nitrogen and oxygen atoms in total. The van der Waals surface area contributed by atoms with Gasteiger partial charge in [-0.15, -0.1) is 11.6 Å². The van der Waals surface area contributed by atoms with Crippen LogP contribution in [0.5, 0.6) is 0 Å². The summed E-state index contributed by atoms with van der Waals surface area (Å²) in [7, 11) is 0. The highest BCUT2D eigenvalue weighted by atomic mass is 35.5. The molecular weight excluding hydrogens is 200 g/mol. The summed E-state index contributed by atoms with van der Waals surface area (Å²) in [6.07, 6.45) is 6.23. The lowest BCUT2D eigenvalue weighted by atomic mass is 10.4. The Labute approximate surface area is 86.9 Å². The van der Waals surface area contributed by atoms with Gasteiger partial charge in [0.15, 0.2) is 5.82 Å². The van der Waals surface area contributed by atoms with Gasteiger partial charge in [-0.1, -0.05) is 0 Å². The number of fused-ring (bicyclic) bond motifs is 1. The van der Waals surface area contributed by atoms with Crippen molar-refractivity contribution in [3.63, 3.8) is 0 Å². The normalized spacial score (nSPS) is 10.6. The van der Waals surface area contributed by atoms with Gasteiger partial charge in [0.25, 0.3) is 0 Å². The summed E-state index contributed by atoms with van der Waals surface area (Å²) >= 11 is 5.59. The van der Waals surface area contributed by atoms with E-state index in [9.17, 15) is 0 Å². The Bertz CT molecular complexity index is 412. The molecule has 0 aromatic carbocycles. The van der Waals surface area contributed by atoms with E-state index in [2.05, 4.69) is 15.4 Å². The third kappa shape index (κ3) is 1.80. The minimum Gasteiger partial charge on any atom is -0.368 e. The van der Waals surface area contributed by atoms with Crippen LogP contribution < -0.4 is 5.32 Å². The molecule has 0 aliphatic rings. The van der Waals surface area contributed by atoms with Gasteiger partial charge >= 0.3 is 0 Å². The largest absolute Gasteiger partial charge is 0.368 e. The molecule has 0 fully saturated rings. The quantitative estimate of drug-likeness (QED) is 0.618. The maximum absolute atomic E-state index is 5.59. The van der Waals surface area contributed by atoms with Crippen molar-refractivity contribution in [2.75, 3.05) is 17.7 Å². The zero-order chi connectivity index (χ0) is 9.80. The van der Waals surface area contributed by atoms with Crippen LogP contribution in [0.15, 0.2) is 24.7 Å². The maximum Gasteiger partial charge on any atom is 0.152 e. The zero-order valence-corrected chi connectivity index (χ0v) is 8.41. The molecule has 14 heavy (non-hydrogen) atoms. The number of hydrogen-bond donors (Lipinski definition) is 1. The zero-order valence-electron chi connectivity index (χ0n) is 7.65. The van der Waals surface area contributed by atoms with E-state index >= 15 is 0 Å². The number of nitrogens with zero attached hydrogens (tertiary/aromatic N) is 3. The molecule has 0 unspecified atom stereocenters. The monoisotopic (exact) mass is 210 g/mol. The molecular formula is C9H11ClN4. The van der Waals surface area contributed by atoms with E-state index in [0.29, 0.717) is 5.88 Å². The van der Waals surface area contributed by atoms with Crippen LogP contribution in [0.25, 0.3) is 5.52 Å². The first-order valence-corrected chi connectivity index (χ1v) is 5.03. The smallest absolute Gasteiger partial charge is 0.152 e. The molecule has 2 aromatic heterocycles. The topological polar surface area (TPSA) is 42.2 Å². The number of anilines is 1. The lowest BCUT2D eigenvalue weighted by Crippen LogP contribution is -2.05. The highest BCUT2D eigenvalue weighted by Gasteiger charge is 2.00. The average Bonchev–Trinajstić information content (AvgIpc) is 2.67. The molecule has 0 saturated carbocycles. The van der Waals surface area contributed by atoms with Crippen molar-refractivity contribution in [2.24, 2.45) is 0 Å². The van der Waals surface area contributed by atoms with Gasteiger partial charge in [-0.3, -0.25) is 0 Å². The van der Waals surface area contributed by atoms with E-state index < -0.39 is 0 Å². The van der Waals surface area contributed by atoms with Gasteiger partial charge in [-0.2, -0.15) is 5.10 Å². The summed E-state index contributed by atoms with van der Waals surface area (Å²) in [5, 5.41) is 7.34. The van der Waals surface area contributed by atoms with Gasteiger partial charge in [0.1, 0.15) is 5.52 Å². The Morgan fingerprint density at radius 3 is 3.21 bits per heavy atom. The number of aromatic nitrogens is 3. The maximum atomic E-state index is 5.59. The first-order valence-electron chi connectivity index (χ1n) is 4.50. The molecule has 0 aliphatic heterocycles. The summed E-state index contributed by atoms with van der Waals surface area (Å²) in [4.78, 5) is 4.24. The Kier molecular flexibility index (Phi) is 2.84. The number of nitrogens with one attached hydrogen (secondary N) is 1. The minimum absolute atomic E-state index is 0.662. The summed E-state index contributed by atoms with van der Waals surface area (Å²) in [6.45, 7) is 0.835. The molecule has 0 radical (unpaired) electrons. The van der Waals surface area contributed by atoms with Crippen molar-refractivity contribution in [2.45, 2.75) is 6.42 Å². The first-order chi connectivity index (χ1) is 6.92. The SMILES string of the molecule is ClCCCNc1nccn2nccc12. The van der Waals surface area contributed by atoms with Crippen LogP contribution in [0.1, 0.15) is 6.42 Å². The molecule has 0 spiro atoms. The Hall–Kier alpha value is -1.29. The third-order valence-electron chi connectivity index (χ3n) is 1.93. The van der Waals surface area contributed by atoms with Crippen LogP contribution in [-0.2, 0) is 0 Å². The molecule has 0 aliphatic carbocycles. The second kappa shape index (κ2) is 4.28. The van der Waals surface area contributed by atoms with Crippen LogP contribution in [0.2, 0.25) is 0 Å². The summed E-state index contributed by atoms with van der Waals surface area (Å²) in [5.74, 6) is 1.52. The van der Waals surface area contributed by atoms with Crippen molar-refractivity contribution in [1.82, 2.24) is 14.6 Å². The van der Waals surface area contributed by atoms with Crippen molar-refractivity contribution >= 4 is 22.9 Å². The lowest BCUT2D eigenvalue weighted by Gasteiger charge is -2.04. The van der Waals surface area contributed by atoms with E-state index in [4.69, 9.17) is 11.6 Å². The second-order valence-corrected chi connectivity index (χ2v) is 3.28. The summed E-state index contributed by atoms with van der Waals surface area (Å²) < 4.78 is 1.79. The van der Waals surface area contributed by atoms with Gasteiger partial charge in [0.2, 0.25) is 0 Å². The molecule has 2 heterocycles. The Morgan fingerprint density at radius 2 is 2.36 bits per heavy atom. The van der Waals surface area contributed by atoms with Gasteiger partial charge in [0.05, 0.1) is 6.20 Å². The predicted octanol–water partition coefficient (Wildman–Crippen LogP) is 1.77. The number of halogens is 1. The van der Waals surface area contributed by atoms with Crippen LogP contribution in [0.4, 0.5) is 5.82 Å². The van der Waals surface area contributed by atoms with Crippen molar-refractivity contribution in [3.05, 3.63) is 24.7 Å². The molecule has 0 atom stereocenters. The molecule has 2 rings (SSSR count). The van der Waals surface area contributed by atoms with E-state index in [-0.39, 0.29) is 0 Å². The third-order valence-corrected chi connectivity index (χ3v) is 2.19. The minimum atomic E-state index is 0.662. The summed E-state index contributed by atoms with van der Waals surface area (Å²) in [5.41, 5.74) is 0.988. The second-order valence-electron chi connectivity index (χ2n) is 2.91. The molecule has 74 valence electrons. The number of hydrogen-bond acceptors (Lipinski definition) is 3. The first kappa shape index (κ1) is 9.27. The van der Waals surface area contributed by atoms with E-state index in [1.807, 2.05) is 12.3 Å². The van der Waals surface area contributed by atoms with Gasteiger partial charge in [-0.25, -0.2) is 9.50 Å². The van der Waals surface area contributed by atoms with Crippen LogP contribution in [-0.4, -0.2) is 27.0 Å². The standard InChI is InChI=1S/C9H11ClN4/c10-3-1-4-11-9-8-2-5-13-14(8)7-6-12-9/h2,5-7H,1,3-4H2,(H,11,12). The van der Waals surface area contributed by atoms with Crippen molar-refractivity contribution in [1.29, 1.82) is 0 Å². The number of rotatable bonds is 4.